The maximum absolute atomic E-state index is 13.1. The maximum Gasteiger partial charge on any atom is 0.244 e. The Hall–Kier alpha value is -2.40. The number of benzene rings is 2. The van der Waals surface area contributed by atoms with E-state index in [0.717, 1.165) is 37.4 Å². The van der Waals surface area contributed by atoms with Crippen molar-refractivity contribution in [3.05, 3.63) is 66.0 Å². The van der Waals surface area contributed by atoms with Crippen molar-refractivity contribution in [2.24, 2.45) is 0 Å². The van der Waals surface area contributed by atoms with Crippen LogP contribution in [0.1, 0.15) is 11.6 Å². The first-order valence-corrected chi connectivity index (χ1v) is 8.57. The number of piperazine rings is 1. The van der Waals surface area contributed by atoms with E-state index in [1.807, 2.05) is 42.5 Å². The quantitative estimate of drug-likeness (QED) is 0.856. The number of anilines is 1. The SMILES string of the molecule is CN(C)C(=O)C(c1ccccc1)N1CCN(c2ccc(F)cc2)CC1. The number of amides is 1. The molecule has 2 aromatic carbocycles. The molecule has 25 heavy (non-hydrogen) atoms. The standard InChI is InChI=1S/C20H24FN3O/c1-22(2)20(25)19(16-6-4-3-5-7-16)24-14-12-23(13-15-24)18-10-8-17(21)9-11-18/h3-11,19H,12-15H2,1-2H3. The average molecular weight is 341 g/mol. The van der Waals surface area contributed by atoms with E-state index in [0.29, 0.717) is 0 Å². The fourth-order valence-corrected chi connectivity index (χ4v) is 3.28. The zero-order valence-electron chi connectivity index (χ0n) is 14.7. The molecule has 0 bridgehead atoms. The van der Waals surface area contributed by atoms with E-state index in [9.17, 15) is 9.18 Å². The summed E-state index contributed by atoms with van der Waals surface area (Å²) in [6, 6.07) is 16.3. The van der Waals surface area contributed by atoms with E-state index < -0.39 is 0 Å². The second-order valence-electron chi connectivity index (χ2n) is 6.55. The van der Waals surface area contributed by atoms with Gasteiger partial charge in [0.25, 0.3) is 0 Å². The lowest BCUT2D eigenvalue weighted by Crippen LogP contribution is -2.51. The average Bonchev–Trinajstić information content (AvgIpc) is 2.64. The molecular formula is C20H24FN3O. The molecule has 1 atom stereocenters. The fraction of sp³-hybridized carbons (Fsp3) is 0.350. The molecule has 0 aliphatic carbocycles. The Morgan fingerprint density at radius 2 is 1.56 bits per heavy atom. The minimum Gasteiger partial charge on any atom is -0.369 e. The molecule has 0 radical (unpaired) electrons. The molecule has 1 heterocycles. The van der Waals surface area contributed by atoms with E-state index in [-0.39, 0.29) is 17.8 Å². The first-order valence-electron chi connectivity index (χ1n) is 8.57. The van der Waals surface area contributed by atoms with E-state index in [1.54, 1.807) is 19.0 Å². The fourth-order valence-electron chi connectivity index (χ4n) is 3.28. The molecule has 5 heteroatoms. The van der Waals surface area contributed by atoms with Gasteiger partial charge < -0.3 is 9.80 Å². The monoisotopic (exact) mass is 341 g/mol. The van der Waals surface area contributed by atoms with E-state index in [1.165, 1.54) is 12.1 Å². The largest absolute Gasteiger partial charge is 0.369 e. The molecule has 1 saturated heterocycles. The number of hydrogen-bond donors (Lipinski definition) is 0. The molecule has 0 aromatic heterocycles. The summed E-state index contributed by atoms with van der Waals surface area (Å²) < 4.78 is 13.1. The van der Waals surface area contributed by atoms with Crippen molar-refractivity contribution < 1.29 is 9.18 Å². The number of likely N-dealkylation sites (N-methyl/N-ethyl adjacent to an activating group) is 1. The van der Waals surface area contributed by atoms with Gasteiger partial charge in [-0.05, 0) is 29.8 Å². The predicted molar refractivity (Wildman–Crippen MR) is 98.1 cm³/mol. The van der Waals surface area contributed by atoms with Gasteiger partial charge in [-0.25, -0.2) is 4.39 Å². The molecule has 4 nitrogen and oxygen atoms in total. The second kappa shape index (κ2) is 7.66. The van der Waals surface area contributed by atoms with Crippen molar-refractivity contribution in [2.45, 2.75) is 6.04 Å². The van der Waals surface area contributed by atoms with Gasteiger partial charge in [0.15, 0.2) is 0 Å². The highest BCUT2D eigenvalue weighted by Crippen LogP contribution is 2.25. The van der Waals surface area contributed by atoms with E-state index in [4.69, 9.17) is 0 Å². The van der Waals surface area contributed by atoms with Gasteiger partial charge in [-0.1, -0.05) is 30.3 Å². The van der Waals surface area contributed by atoms with E-state index in [2.05, 4.69) is 9.80 Å². The van der Waals surface area contributed by atoms with E-state index >= 15 is 0 Å². The molecule has 3 rings (SSSR count). The summed E-state index contributed by atoms with van der Waals surface area (Å²) in [5.41, 5.74) is 2.05. The van der Waals surface area contributed by atoms with Gasteiger partial charge in [0.2, 0.25) is 5.91 Å². The Kier molecular flexibility index (Phi) is 5.34. The van der Waals surface area contributed by atoms with Crippen molar-refractivity contribution >= 4 is 11.6 Å². The number of hydrogen-bond acceptors (Lipinski definition) is 3. The van der Waals surface area contributed by atoms with Crippen LogP contribution in [0.15, 0.2) is 54.6 Å². The third-order valence-corrected chi connectivity index (χ3v) is 4.66. The molecule has 1 unspecified atom stereocenters. The van der Waals surface area contributed by atoms with Crippen LogP contribution in [-0.4, -0.2) is 56.0 Å². The van der Waals surface area contributed by atoms with Gasteiger partial charge in [-0.3, -0.25) is 9.69 Å². The molecule has 0 saturated carbocycles. The summed E-state index contributed by atoms with van der Waals surface area (Å²) in [7, 11) is 3.60. The number of carbonyl (C=O) groups excluding carboxylic acids is 1. The molecule has 0 spiro atoms. The maximum atomic E-state index is 13.1. The molecule has 2 aromatic rings. The Balaban J connectivity index is 1.74. The van der Waals surface area contributed by atoms with Gasteiger partial charge in [0.05, 0.1) is 0 Å². The van der Waals surface area contributed by atoms with Crippen LogP contribution in [0.2, 0.25) is 0 Å². The zero-order valence-corrected chi connectivity index (χ0v) is 14.7. The van der Waals surface area contributed by atoms with Crippen LogP contribution in [0.3, 0.4) is 0 Å². The Labute approximate surface area is 148 Å². The number of nitrogens with zero attached hydrogens (tertiary/aromatic N) is 3. The molecule has 0 N–H and O–H groups in total. The van der Waals surface area contributed by atoms with Crippen LogP contribution in [0.5, 0.6) is 0 Å². The third kappa shape index (κ3) is 3.99. The molecular weight excluding hydrogens is 317 g/mol. The van der Waals surface area contributed by atoms with Gasteiger partial charge in [0.1, 0.15) is 11.9 Å². The first kappa shape index (κ1) is 17.4. The number of carbonyl (C=O) groups is 1. The summed E-state index contributed by atoms with van der Waals surface area (Å²) in [6.07, 6.45) is 0. The van der Waals surface area contributed by atoms with Crippen LogP contribution in [-0.2, 0) is 4.79 Å². The molecule has 132 valence electrons. The van der Waals surface area contributed by atoms with Crippen molar-refractivity contribution in [3.63, 3.8) is 0 Å². The normalized spacial score (nSPS) is 16.5. The summed E-state index contributed by atoms with van der Waals surface area (Å²) in [5, 5.41) is 0. The number of rotatable bonds is 4. The lowest BCUT2D eigenvalue weighted by molar-refractivity contribution is -0.134. The van der Waals surface area contributed by atoms with Gasteiger partial charge in [0, 0.05) is 46.0 Å². The highest BCUT2D eigenvalue weighted by molar-refractivity contribution is 5.83. The topological polar surface area (TPSA) is 26.8 Å². The van der Waals surface area contributed by atoms with Crippen molar-refractivity contribution in [1.29, 1.82) is 0 Å². The van der Waals surface area contributed by atoms with Crippen LogP contribution < -0.4 is 4.90 Å². The smallest absolute Gasteiger partial charge is 0.244 e. The van der Waals surface area contributed by atoms with Crippen LogP contribution in [0.25, 0.3) is 0 Å². The molecule has 1 amide bonds. The van der Waals surface area contributed by atoms with Crippen molar-refractivity contribution in [2.75, 3.05) is 45.2 Å². The molecule has 1 fully saturated rings. The first-order chi connectivity index (χ1) is 12.1. The van der Waals surface area contributed by atoms with Gasteiger partial charge in [-0.15, -0.1) is 0 Å². The van der Waals surface area contributed by atoms with Crippen molar-refractivity contribution in [1.82, 2.24) is 9.80 Å². The van der Waals surface area contributed by atoms with Crippen LogP contribution >= 0.6 is 0 Å². The summed E-state index contributed by atoms with van der Waals surface area (Å²) in [6.45, 7) is 3.21. The van der Waals surface area contributed by atoms with Gasteiger partial charge in [-0.2, -0.15) is 0 Å². The van der Waals surface area contributed by atoms with Crippen molar-refractivity contribution in [3.8, 4) is 0 Å². The summed E-state index contributed by atoms with van der Waals surface area (Å²) >= 11 is 0. The molecule has 1 aliphatic rings. The minimum absolute atomic E-state index is 0.0985. The Bertz CT molecular complexity index is 695. The zero-order chi connectivity index (χ0) is 17.8. The van der Waals surface area contributed by atoms with Crippen LogP contribution in [0, 0.1) is 5.82 Å². The Morgan fingerprint density at radius 3 is 2.12 bits per heavy atom. The second-order valence-corrected chi connectivity index (χ2v) is 6.55. The lowest BCUT2D eigenvalue weighted by atomic mass is 10.0. The summed E-state index contributed by atoms with van der Waals surface area (Å²) in [4.78, 5) is 18.9. The third-order valence-electron chi connectivity index (χ3n) is 4.66. The lowest BCUT2D eigenvalue weighted by Gasteiger charge is -2.40. The Morgan fingerprint density at radius 1 is 0.960 bits per heavy atom. The van der Waals surface area contributed by atoms with Crippen LogP contribution in [0.4, 0.5) is 10.1 Å². The predicted octanol–water partition coefficient (Wildman–Crippen LogP) is 2.78. The molecule has 1 aliphatic heterocycles. The minimum atomic E-state index is -0.258. The van der Waals surface area contributed by atoms with Gasteiger partial charge >= 0.3 is 0 Å². The summed E-state index contributed by atoms with van der Waals surface area (Å²) in [5.74, 6) is -0.121. The highest BCUT2D eigenvalue weighted by atomic mass is 19.1. The number of halogens is 1. The highest BCUT2D eigenvalue weighted by Gasteiger charge is 2.31.